The smallest absolute Gasteiger partial charge is 0.317 e. The summed E-state index contributed by atoms with van der Waals surface area (Å²) in [6.07, 6.45) is 2.40. The SMILES string of the molecule is O=C(O)CN(C[C@@H](Cc1ccc(N=C=S)cc1)N(CC(=O)O)CC(=O)O)C1CCCC[C@@H]1N(CC(=O)O)CC(=O)O. The van der Waals surface area contributed by atoms with Crippen molar-refractivity contribution in [2.75, 3.05) is 39.3 Å². The first-order valence-electron chi connectivity index (χ1n) is 12.9. The van der Waals surface area contributed by atoms with E-state index in [1.54, 1.807) is 29.2 Å². The van der Waals surface area contributed by atoms with E-state index >= 15 is 0 Å². The van der Waals surface area contributed by atoms with E-state index in [0.717, 1.165) is 0 Å². The molecule has 0 aliphatic heterocycles. The zero-order valence-corrected chi connectivity index (χ0v) is 23.1. The number of thiocarbonyl (C=S) groups is 1. The molecule has 5 N–H and O–H groups in total. The Morgan fingerprint density at radius 1 is 0.756 bits per heavy atom. The van der Waals surface area contributed by atoms with E-state index in [9.17, 15) is 49.5 Å². The summed E-state index contributed by atoms with van der Waals surface area (Å²) in [4.78, 5) is 66.5. The molecular weight excluding hydrogens is 560 g/mol. The van der Waals surface area contributed by atoms with Crippen molar-refractivity contribution in [3.63, 3.8) is 0 Å². The molecular formula is C26H34N4O10S. The monoisotopic (exact) mass is 594 g/mol. The Bertz CT molecular complexity index is 1110. The quantitative estimate of drug-likeness (QED) is 0.119. The summed E-state index contributed by atoms with van der Waals surface area (Å²) in [6, 6.07) is 4.79. The largest absolute Gasteiger partial charge is 0.480 e. The Labute approximate surface area is 241 Å². The van der Waals surface area contributed by atoms with E-state index in [4.69, 9.17) is 0 Å². The van der Waals surface area contributed by atoms with Crippen LogP contribution in [0.1, 0.15) is 31.2 Å². The molecule has 1 aromatic carbocycles. The number of carboxylic acids is 5. The van der Waals surface area contributed by atoms with Gasteiger partial charge in [-0.15, -0.1) is 0 Å². The lowest BCUT2D eigenvalue weighted by atomic mass is 9.87. The Kier molecular flexibility index (Phi) is 13.5. The van der Waals surface area contributed by atoms with Crippen molar-refractivity contribution < 1.29 is 49.5 Å². The Morgan fingerprint density at radius 3 is 1.63 bits per heavy atom. The molecule has 2 rings (SSSR count). The number of aliphatic imine (C=N–C) groups is 1. The zero-order chi connectivity index (χ0) is 30.5. The van der Waals surface area contributed by atoms with Gasteiger partial charge in [0.05, 0.1) is 43.6 Å². The van der Waals surface area contributed by atoms with Crippen LogP contribution >= 0.6 is 12.2 Å². The molecule has 0 spiro atoms. The Hall–Kier alpha value is -3.75. The first kappa shape index (κ1) is 33.5. The van der Waals surface area contributed by atoms with Gasteiger partial charge in [-0.2, -0.15) is 4.99 Å². The third-order valence-electron chi connectivity index (χ3n) is 6.87. The van der Waals surface area contributed by atoms with Crippen molar-refractivity contribution in [3.8, 4) is 0 Å². The first-order chi connectivity index (χ1) is 19.4. The van der Waals surface area contributed by atoms with E-state index in [-0.39, 0.29) is 13.0 Å². The topological polar surface area (TPSA) is 209 Å². The van der Waals surface area contributed by atoms with Gasteiger partial charge in [-0.25, -0.2) is 0 Å². The second-order valence-electron chi connectivity index (χ2n) is 9.85. The number of benzene rings is 1. The Morgan fingerprint density at radius 2 is 1.20 bits per heavy atom. The van der Waals surface area contributed by atoms with Crippen LogP contribution in [0.15, 0.2) is 29.3 Å². The number of isothiocyanates is 1. The van der Waals surface area contributed by atoms with E-state index in [0.29, 0.717) is 36.9 Å². The number of carboxylic acid groups (broad SMARTS) is 5. The predicted octanol–water partition coefficient (Wildman–Crippen LogP) is 0.972. The zero-order valence-electron chi connectivity index (χ0n) is 22.3. The van der Waals surface area contributed by atoms with E-state index in [1.807, 2.05) is 0 Å². The van der Waals surface area contributed by atoms with E-state index in [1.165, 1.54) is 9.80 Å². The van der Waals surface area contributed by atoms with Crippen molar-refractivity contribution >= 4 is 52.9 Å². The average Bonchev–Trinajstić information content (AvgIpc) is 2.87. The highest BCUT2D eigenvalue weighted by Crippen LogP contribution is 2.28. The van der Waals surface area contributed by atoms with E-state index in [2.05, 4.69) is 22.4 Å². The van der Waals surface area contributed by atoms with Crippen molar-refractivity contribution in [1.29, 1.82) is 0 Å². The lowest BCUT2D eigenvalue weighted by molar-refractivity contribution is -0.146. The van der Waals surface area contributed by atoms with E-state index < -0.39 is 80.7 Å². The van der Waals surface area contributed by atoms with Crippen LogP contribution in [0.25, 0.3) is 0 Å². The van der Waals surface area contributed by atoms with Gasteiger partial charge in [0.2, 0.25) is 0 Å². The normalized spacial score (nSPS) is 17.6. The molecule has 0 aromatic heterocycles. The first-order valence-corrected chi connectivity index (χ1v) is 13.3. The molecule has 1 unspecified atom stereocenters. The molecule has 224 valence electrons. The van der Waals surface area contributed by atoms with Crippen LogP contribution in [0, 0.1) is 0 Å². The molecule has 1 fully saturated rings. The number of hydrogen-bond acceptors (Lipinski definition) is 10. The van der Waals surface area contributed by atoms with Gasteiger partial charge in [0.1, 0.15) is 0 Å². The van der Waals surface area contributed by atoms with Crippen molar-refractivity contribution in [3.05, 3.63) is 29.8 Å². The third kappa shape index (κ3) is 11.7. The summed E-state index contributed by atoms with van der Waals surface area (Å²) >= 11 is 4.61. The summed E-state index contributed by atoms with van der Waals surface area (Å²) < 4.78 is 0. The summed E-state index contributed by atoms with van der Waals surface area (Å²) in [5, 5.41) is 49.9. The maximum absolute atomic E-state index is 12.0. The highest BCUT2D eigenvalue weighted by atomic mass is 32.1. The molecule has 0 bridgehead atoms. The molecule has 0 radical (unpaired) electrons. The molecule has 41 heavy (non-hydrogen) atoms. The maximum atomic E-state index is 12.0. The molecule has 0 heterocycles. The molecule has 15 heteroatoms. The second-order valence-corrected chi connectivity index (χ2v) is 10.0. The van der Waals surface area contributed by atoms with Crippen LogP contribution in [0.2, 0.25) is 0 Å². The fourth-order valence-electron chi connectivity index (χ4n) is 5.35. The average molecular weight is 595 g/mol. The number of aliphatic carboxylic acids is 5. The maximum Gasteiger partial charge on any atom is 0.317 e. The lowest BCUT2D eigenvalue weighted by Crippen LogP contribution is -2.59. The van der Waals surface area contributed by atoms with Crippen LogP contribution in [0.4, 0.5) is 5.69 Å². The van der Waals surface area contributed by atoms with Crippen molar-refractivity contribution in [2.24, 2.45) is 4.99 Å². The van der Waals surface area contributed by atoms with Gasteiger partial charge in [-0.3, -0.25) is 38.7 Å². The van der Waals surface area contributed by atoms with Gasteiger partial charge in [-0.05, 0) is 49.2 Å². The summed E-state index contributed by atoms with van der Waals surface area (Å²) in [6.45, 7) is -2.92. The highest BCUT2D eigenvalue weighted by molar-refractivity contribution is 7.78. The van der Waals surface area contributed by atoms with Crippen LogP contribution in [0.3, 0.4) is 0 Å². The molecule has 1 aromatic rings. The Balaban J connectivity index is 2.51. The molecule has 1 aliphatic carbocycles. The number of hydrogen-bond donors (Lipinski definition) is 5. The van der Waals surface area contributed by atoms with Crippen LogP contribution in [-0.2, 0) is 30.4 Å². The molecule has 0 saturated heterocycles. The number of carbonyl (C=O) groups is 5. The lowest BCUT2D eigenvalue weighted by Gasteiger charge is -2.45. The van der Waals surface area contributed by atoms with Crippen molar-refractivity contribution in [1.82, 2.24) is 14.7 Å². The minimum absolute atomic E-state index is 0.0676. The van der Waals surface area contributed by atoms with Crippen LogP contribution in [-0.4, -0.2) is 133 Å². The fourth-order valence-corrected chi connectivity index (χ4v) is 5.45. The number of rotatable bonds is 18. The second kappa shape index (κ2) is 16.5. The van der Waals surface area contributed by atoms with Crippen LogP contribution in [0.5, 0.6) is 0 Å². The fraction of sp³-hybridized carbons (Fsp3) is 0.538. The number of nitrogens with zero attached hydrogens (tertiary/aromatic N) is 4. The summed E-state index contributed by atoms with van der Waals surface area (Å²) in [7, 11) is 0. The van der Waals surface area contributed by atoms with Gasteiger partial charge >= 0.3 is 29.8 Å². The third-order valence-corrected chi connectivity index (χ3v) is 6.96. The summed E-state index contributed by atoms with van der Waals surface area (Å²) in [5.41, 5.74) is 1.23. The molecule has 3 atom stereocenters. The standard InChI is InChI=1S/C26H34N4O10S/c31-22(32)11-28(12-23(33)34)19(9-17-5-7-18(8-6-17)27-16-41)10-29(13-24(35)36)20-3-1-2-4-21(20)30(14-25(37)38)15-26(39)40/h5-8,19-21H,1-4,9-15H2,(H,31,32)(H,33,34)(H,35,36)(H,37,38)(H,39,40)/t19-,20?,21+/m1/s1. The van der Waals surface area contributed by atoms with Crippen molar-refractivity contribution in [2.45, 2.75) is 50.2 Å². The molecule has 1 aliphatic rings. The molecule has 14 nitrogen and oxygen atoms in total. The van der Waals surface area contributed by atoms with Crippen LogP contribution < -0.4 is 0 Å². The van der Waals surface area contributed by atoms with Gasteiger partial charge < -0.3 is 25.5 Å². The van der Waals surface area contributed by atoms with Gasteiger partial charge in [0.15, 0.2) is 0 Å². The minimum atomic E-state index is -1.27. The highest BCUT2D eigenvalue weighted by Gasteiger charge is 2.38. The summed E-state index contributed by atoms with van der Waals surface area (Å²) in [5.74, 6) is -6.18. The minimum Gasteiger partial charge on any atom is -0.480 e. The van der Waals surface area contributed by atoms with Gasteiger partial charge in [0, 0.05) is 24.7 Å². The van der Waals surface area contributed by atoms with Gasteiger partial charge in [-0.1, -0.05) is 25.0 Å². The predicted molar refractivity (Wildman–Crippen MR) is 148 cm³/mol. The van der Waals surface area contributed by atoms with Gasteiger partial charge in [0.25, 0.3) is 0 Å². The molecule has 0 amide bonds. The molecule has 1 saturated carbocycles.